The van der Waals surface area contributed by atoms with Crippen molar-refractivity contribution >= 4 is 7.32 Å². The van der Waals surface area contributed by atoms with Gasteiger partial charge in [-0.05, 0) is 62.3 Å². The van der Waals surface area contributed by atoms with Crippen molar-refractivity contribution in [2.75, 3.05) is 58.9 Å². The summed E-state index contributed by atoms with van der Waals surface area (Å²) in [5, 5.41) is 25.2. The quantitative estimate of drug-likeness (QED) is 0.363. The molecule has 0 radical (unpaired) electrons. The van der Waals surface area contributed by atoms with Gasteiger partial charge in [-0.15, -0.1) is 0 Å². The molecule has 7 heteroatoms. The molecular weight excluding hydrogens is 317 g/mol. The van der Waals surface area contributed by atoms with E-state index in [0.717, 1.165) is 0 Å². The lowest BCUT2D eigenvalue weighted by molar-refractivity contribution is -0.894. The molecule has 0 aromatic heterocycles. The van der Waals surface area contributed by atoms with Crippen LogP contribution in [0.2, 0.25) is 0 Å². The van der Waals surface area contributed by atoms with Crippen LogP contribution in [0.4, 0.5) is 0 Å². The van der Waals surface area contributed by atoms with Crippen LogP contribution in [-0.4, -0.2) is 66.2 Å². The Morgan fingerprint density at radius 3 is 0.480 bits per heavy atom. The molecule has 0 unspecified atom stereocenters. The molecule has 0 amide bonds. The zero-order valence-electron chi connectivity index (χ0n) is 18.7. The van der Waals surface area contributed by atoms with Gasteiger partial charge in [-0.25, -0.2) is 0 Å². The molecule has 0 aromatic carbocycles. The fraction of sp³-hybridized carbons (Fsp3) is 1.00. The predicted octanol–water partition coefficient (Wildman–Crippen LogP) is -4.15. The molecular formula is C18H48BN3O3. The zero-order valence-corrected chi connectivity index (χ0v) is 18.7. The Kier molecular flexibility index (Phi) is 37.2. The van der Waals surface area contributed by atoms with Gasteiger partial charge < -0.3 is 29.8 Å². The summed E-state index contributed by atoms with van der Waals surface area (Å²) in [5.74, 6) is 0. The van der Waals surface area contributed by atoms with Crippen molar-refractivity contribution in [3.8, 4) is 0 Å². The summed E-state index contributed by atoms with van der Waals surface area (Å²) in [6.07, 6.45) is 0. The number of quaternary nitrogens is 3. The smallest absolute Gasteiger partial charge is 0.0742 e. The molecule has 0 aliphatic heterocycles. The third-order valence-electron chi connectivity index (χ3n) is 4.50. The molecule has 6 nitrogen and oxygen atoms in total. The molecule has 0 saturated carbocycles. The SMILES string of the molecule is CC[NH+](CC)CC.CC[NH+](CC)CC.CC[NH+](CC)CC.[O-]B([O-])[O-]. The van der Waals surface area contributed by atoms with Crippen LogP contribution in [0.25, 0.3) is 0 Å². The van der Waals surface area contributed by atoms with Gasteiger partial charge in [-0.3, -0.25) is 7.32 Å². The van der Waals surface area contributed by atoms with Crippen LogP contribution in [0, 0.1) is 0 Å². The van der Waals surface area contributed by atoms with Crippen molar-refractivity contribution in [3.05, 3.63) is 0 Å². The summed E-state index contributed by atoms with van der Waals surface area (Å²) in [4.78, 5) is 5.04. The second-order valence-corrected chi connectivity index (χ2v) is 5.72. The molecule has 0 heterocycles. The standard InChI is InChI=1S/3C6H15N.BO3/c3*1-4-7(5-2)6-3;2-1(3)4/h3*4-6H2,1-3H3;/q;;;-3/p+3. The monoisotopic (exact) mass is 365 g/mol. The summed E-state index contributed by atoms with van der Waals surface area (Å²) in [5.41, 5.74) is 0. The van der Waals surface area contributed by atoms with Gasteiger partial charge in [0.25, 0.3) is 0 Å². The Morgan fingerprint density at radius 1 is 0.400 bits per heavy atom. The van der Waals surface area contributed by atoms with E-state index in [1.807, 2.05) is 0 Å². The Labute approximate surface area is 159 Å². The Morgan fingerprint density at radius 2 is 0.480 bits per heavy atom. The van der Waals surface area contributed by atoms with E-state index in [9.17, 15) is 0 Å². The molecule has 0 rings (SSSR count). The average Bonchev–Trinajstić information content (AvgIpc) is 2.60. The van der Waals surface area contributed by atoms with Gasteiger partial charge in [-0.2, -0.15) is 0 Å². The number of nitrogens with one attached hydrogen (secondary N) is 3. The van der Waals surface area contributed by atoms with Crippen molar-refractivity contribution in [3.63, 3.8) is 0 Å². The van der Waals surface area contributed by atoms with Crippen LogP contribution in [-0.2, 0) is 0 Å². The van der Waals surface area contributed by atoms with Crippen LogP contribution < -0.4 is 29.8 Å². The lowest BCUT2D eigenvalue weighted by Crippen LogP contribution is -3.11. The maximum atomic E-state index is 8.42. The average molecular weight is 365 g/mol. The van der Waals surface area contributed by atoms with E-state index < -0.39 is 7.32 Å². The normalized spacial score (nSPS) is 9.72. The predicted molar refractivity (Wildman–Crippen MR) is 104 cm³/mol. The molecule has 0 aliphatic carbocycles. The van der Waals surface area contributed by atoms with Crippen LogP contribution in [0.15, 0.2) is 0 Å². The Balaban J connectivity index is -0.000000120. The molecule has 0 aliphatic rings. The molecule has 3 N–H and O–H groups in total. The Hall–Kier alpha value is -0.175. The minimum atomic E-state index is -2.92. The summed E-state index contributed by atoms with van der Waals surface area (Å²) in [6, 6.07) is 0. The summed E-state index contributed by atoms with van der Waals surface area (Å²) >= 11 is 0. The Bertz CT molecular complexity index is 154. The van der Waals surface area contributed by atoms with E-state index in [0.29, 0.717) is 0 Å². The maximum Gasteiger partial charge on any atom is 0.0742 e. The first kappa shape index (κ1) is 32.5. The van der Waals surface area contributed by atoms with E-state index in [-0.39, 0.29) is 0 Å². The van der Waals surface area contributed by atoms with Crippen molar-refractivity contribution in [2.45, 2.75) is 62.3 Å². The van der Waals surface area contributed by atoms with Gasteiger partial charge in [0.1, 0.15) is 0 Å². The summed E-state index contributed by atoms with van der Waals surface area (Å²) in [7, 11) is -2.92. The fourth-order valence-corrected chi connectivity index (χ4v) is 2.25. The molecule has 0 atom stereocenters. The largest absolute Gasteiger partial charge is 0.907 e. The van der Waals surface area contributed by atoms with E-state index >= 15 is 0 Å². The molecule has 0 saturated heterocycles. The summed E-state index contributed by atoms with van der Waals surface area (Å²) in [6.45, 7) is 31.5. The minimum Gasteiger partial charge on any atom is -0.907 e. The molecule has 0 bridgehead atoms. The van der Waals surface area contributed by atoms with E-state index in [1.54, 1.807) is 14.7 Å². The molecule has 156 valence electrons. The lowest BCUT2D eigenvalue weighted by Gasteiger charge is -2.35. The first-order chi connectivity index (χ1) is 11.8. The number of hydrogen-bond acceptors (Lipinski definition) is 3. The zero-order chi connectivity index (χ0) is 20.7. The van der Waals surface area contributed by atoms with Gasteiger partial charge in [0.05, 0.1) is 58.9 Å². The molecule has 0 spiro atoms. The highest BCUT2D eigenvalue weighted by molar-refractivity contribution is 6.24. The highest BCUT2D eigenvalue weighted by Crippen LogP contribution is 1.47. The maximum absolute atomic E-state index is 8.42. The van der Waals surface area contributed by atoms with Gasteiger partial charge >= 0.3 is 0 Å². The number of hydrogen-bond donors (Lipinski definition) is 3. The molecule has 25 heavy (non-hydrogen) atoms. The van der Waals surface area contributed by atoms with Crippen LogP contribution in [0.3, 0.4) is 0 Å². The van der Waals surface area contributed by atoms with Gasteiger partial charge in [0, 0.05) is 0 Å². The fourth-order valence-electron chi connectivity index (χ4n) is 2.25. The van der Waals surface area contributed by atoms with Crippen molar-refractivity contribution in [1.29, 1.82) is 0 Å². The second kappa shape index (κ2) is 28.6. The van der Waals surface area contributed by atoms with Crippen molar-refractivity contribution in [2.24, 2.45) is 0 Å². The summed E-state index contributed by atoms with van der Waals surface area (Å²) < 4.78 is 0. The van der Waals surface area contributed by atoms with Crippen LogP contribution in [0.5, 0.6) is 0 Å². The first-order valence-electron chi connectivity index (χ1n) is 10.3. The van der Waals surface area contributed by atoms with Crippen molar-refractivity contribution < 1.29 is 29.8 Å². The van der Waals surface area contributed by atoms with E-state index in [1.165, 1.54) is 58.9 Å². The van der Waals surface area contributed by atoms with Gasteiger partial charge in [0.2, 0.25) is 0 Å². The van der Waals surface area contributed by atoms with Crippen LogP contribution >= 0.6 is 0 Å². The third-order valence-corrected chi connectivity index (χ3v) is 4.50. The number of rotatable bonds is 9. The minimum absolute atomic E-state index is 1.27. The molecule has 0 aromatic rings. The first-order valence-corrected chi connectivity index (χ1v) is 10.3. The highest BCUT2D eigenvalue weighted by Gasteiger charge is 1.94. The van der Waals surface area contributed by atoms with Gasteiger partial charge in [0.15, 0.2) is 0 Å². The van der Waals surface area contributed by atoms with E-state index in [4.69, 9.17) is 15.1 Å². The molecule has 0 fully saturated rings. The topological polar surface area (TPSA) is 82.5 Å². The van der Waals surface area contributed by atoms with E-state index in [2.05, 4.69) is 62.3 Å². The third kappa shape index (κ3) is 35.7. The second-order valence-electron chi connectivity index (χ2n) is 5.72. The lowest BCUT2D eigenvalue weighted by atomic mass is 10.3. The highest BCUT2D eigenvalue weighted by atomic mass is 16.5. The van der Waals surface area contributed by atoms with Crippen molar-refractivity contribution in [1.82, 2.24) is 0 Å². The van der Waals surface area contributed by atoms with Gasteiger partial charge in [-0.1, -0.05) is 0 Å². The van der Waals surface area contributed by atoms with Crippen LogP contribution in [0.1, 0.15) is 62.3 Å².